The fourth-order valence-electron chi connectivity index (χ4n) is 1.92. The standard InChI is InChI=1S/C14H19N5/c1-17-12(13(15)18-2)14(16)19-11-5-3-4-10(8-11)9-6-7-9/h3-5,8-9H,6-7H2,1-2H3,(H2,15,18)(H2,16,19). The van der Waals surface area contributed by atoms with E-state index in [9.17, 15) is 0 Å². The molecular weight excluding hydrogens is 238 g/mol. The van der Waals surface area contributed by atoms with E-state index in [1.54, 1.807) is 14.1 Å². The highest BCUT2D eigenvalue weighted by molar-refractivity contribution is 6.67. The first-order valence-electron chi connectivity index (χ1n) is 6.29. The molecule has 0 aromatic heterocycles. The Morgan fingerprint density at radius 3 is 2.42 bits per heavy atom. The summed E-state index contributed by atoms with van der Waals surface area (Å²) in [5.74, 6) is 1.28. The van der Waals surface area contributed by atoms with E-state index >= 15 is 0 Å². The molecule has 0 amide bonds. The van der Waals surface area contributed by atoms with Crippen molar-refractivity contribution in [1.82, 2.24) is 0 Å². The van der Waals surface area contributed by atoms with Crippen LogP contribution in [0.2, 0.25) is 0 Å². The molecule has 5 nitrogen and oxygen atoms in total. The molecule has 0 bridgehead atoms. The fourth-order valence-corrected chi connectivity index (χ4v) is 1.92. The van der Waals surface area contributed by atoms with E-state index in [4.69, 9.17) is 11.5 Å². The Morgan fingerprint density at radius 1 is 1.11 bits per heavy atom. The van der Waals surface area contributed by atoms with Gasteiger partial charge in [0.1, 0.15) is 11.5 Å². The van der Waals surface area contributed by atoms with Gasteiger partial charge in [-0.25, -0.2) is 4.99 Å². The van der Waals surface area contributed by atoms with Gasteiger partial charge in [-0.1, -0.05) is 12.1 Å². The lowest BCUT2D eigenvalue weighted by atomic mass is 10.1. The van der Waals surface area contributed by atoms with Gasteiger partial charge in [0.15, 0.2) is 5.84 Å². The van der Waals surface area contributed by atoms with Crippen LogP contribution >= 0.6 is 0 Å². The average molecular weight is 257 g/mol. The van der Waals surface area contributed by atoms with E-state index < -0.39 is 0 Å². The number of benzene rings is 1. The summed E-state index contributed by atoms with van der Waals surface area (Å²) in [4.78, 5) is 12.3. The van der Waals surface area contributed by atoms with E-state index in [1.165, 1.54) is 18.4 Å². The van der Waals surface area contributed by atoms with Crippen LogP contribution in [0.25, 0.3) is 0 Å². The van der Waals surface area contributed by atoms with Gasteiger partial charge in [0, 0.05) is 14.1 Å². The number of amidine groups is 2. The maximum atomic E-state index is 5.94. The molecule has 5 heteroatoms. The lowest BCUT2D eigenvalue weighted by molar-refractivity contribution is 1.13. The van der Waals surface area contributed by atoms with Crippen molar-refractivity contribution in [2.45, 2.75) is 18.8 Å². The van der Waals surface area contributed by atoms with E-state index in [-0.39, 0.29) is 0 Å². The van der Waals surface area contributed by atoms with Gasteiger partial charge < -0.3 is 11.5 Å². The molecule has 100 valence electrons. The molecule has 0 radical (unpaired) electrons. The maximum Gasteiger partial charge on any atom is 0.153 e. The van der Waals surface area contributed by atoms with Gasteiger partial charge in [0.05, 0.1) is 5.69 Å². The maximum absolute atomic E-state index is 5.94. The third-order valence-electron chi connectivity index (χ3n) is 3.12. The van der Waals surface area contributed by atoms with Crippen LogP contribution in [0.15, 0.2) is 39.2 Å². The Balaban J connectivity index is 2.26. The van der Waals surface area contributed by atoms with Crippen molar-refractivity contribution >= 4 is 23.1 Å². The first-order valence-corrected chi connectivity index (χ1v) is 6.29. The molecule has 0 aliphatic heterocycles. The first-order chi connectivity index (χ1) is 9.15. The predicted molar refractivity (Wildman–Crippen MR) is 80.6 cm³/mol. The van der Waals surface area contributed by atoms with Crippen LogP contribution < -0.4 is 11.5 Å². The summed E-state index contributed by atoms with van der Waals surface area (Å²) in [5, 5.41) is 0. The second-order valence-corrected chi connectivity index (χ2v) is 4.55. The van der Waals surface area contributed by atoms with Gasteiger partial charge >= 0.3 is 0 Å². The summed E-state index contributed by atoms with van der Waals surface area (Å²) < 4.78 is 0. The van der Waals surface area contributed by atoms with Crippen LogP contribution in [0.3, 0.4) is 0 Å². The van der Waals surface area contributed by atoms with Gasteiger partial charge in [0.25, 0.3) is 0 Å². The van der Waals surface area contributed by atoms with Crippen LogP contribution in [0.5, 0.6) is 0 Å². The molecule has 1 aliphatic carbocycles. The number of rotatable bonds is 4. The monoisotopic (exact) mass is 257 g/mol. The highest BCUT2D eigenvalue weighted by Crippen LogP contribution is 2.40. The average Bonchev–Trinajstić information content (AvgIpc) is 3.24. The number of hydrogen-bond acceptors (Lipinski definition) is 3. The molecular formula is C14H19N5. The summed E-state index contributed by atoms with van der Waals surface area (Å²) in [6, 6.07) is 8.12. The lowest BCUT2D eigenvalue weighted by Gasteiger charge is -2.05. The largest absolute Gasteiger partial charge is 0.382 e. The number of aliphatic imine (C=N–C) groups is 3. The van der Waals surface area contributed by atoms with Gasteiger partial charge in [-0.15, -0.1) is 0 Å². The zero-order chi connectivity index (χ0) is 13.8. The highest BCUT2D eigenvalue weighted by Gasteiger charge is 2.23. The Kier molecular flexibility index (Phi) is 3.94. The molecule has 1 aromatic carbocycles. The Hall–Kier alpha value is -2.17. The molecule has 1 fully saturated rings. The lowest BCUT2D eigenvalue weighted by Crippen LogP contribution is -2.35. The molecule has 19 heavy (non-hydrogen) atoms. The second-order valence-electron chi connectivity index (χ2n) is 4.55. The quantitative estimate of drug-likeness (QED) is 0.634. The number of nitrogens with two attached hydrogens (primary N) is 2. The van der Waals surface area contributed by atoms with Crippen molar-refractivity contribution in [3.05, 3.63) is 29.8 Å². The van der Waals surface area contributed by atoms with E-state index in [0.717, 1.165) is 5.69 Å². The van der Waals surface area contributed by atoms with Crippen molar-refractivity contribution in [1.29, 1.82) is 0 Å². The van der Waals surface area contributed by atoms with Crippen LogP contribution in [0, 0.1) is 0 Å². The summed E-state index contributed by atoms with van der Waals surface area (Å²) in [7, 11) is 3.22. The molecule has 1 aromatic rings. The SMILES string of the molecule is CN=C(N)C(=NC)C(N)=Nc1cccc(C2CC2)c1. The summed E-state index contributed by atoms with van der Waals surface area (Å²) in [5.41, 5.74) is 14.2. The van der Waals surface area contributed by atoms with Gasteiger partial charge in [-0.3, -0.25) is 9.98 Å². The summed E-state index contributed by atoms with van der Waals surface area (Å²) in [6.07, 6.45) is 2.53. The molecule has 0 atom stereocenters. The molecule has 0 saturated heterocycles. The Morgan fingerprint density at radius 2 is 1.84 bits per heavy atom. The van der Waals surface area contributed by atoms with E-state index in [0.29, 0.717) is 23.3 Å². The van der Waals surface area contributed by atoms with Gasteiger partial charge in [-0.2, -0.15) is 0 Å². The third-order valence-corrected chi connectivity index (χ3v) is 3.12. The number of hydrogen-bond donors (Lipinski definition) is 2. The van der Waals surface area contributed by atoms with Crippen LogP contribution in [-0.2, 0) is 0 Å². The van der Waals surface area contributed by atoms with Crippen LogP contribution in [-0.4, -0.2) is 31.5 Å². The zero-order valence-corrected chi connectivity index (χ0v) is 11.3. The normalized spacial score (nSPS) is 17.7. The molecule has 0 heterocycles. The van der Waals surface area contributed by atoms with Crippen molar-refractivity contribution in [2.75, 3.05) is 14.1 Å². The third kappa shape index (κ3) is 3.19. The minimum atomic E-state index is 0.290. The molecule has 0 spiro atoms. The number of nitrogens with zero attached hydrogens (tertiary/aromatic N) is 3. The van der Waals surface area contributed by atoms with Gasteiger partial charge in [0.2, 0.25) is 0 Å². The highest BCUT2D eigenvalue weighted by atomic mass is 15.0. The molecule has 0 unspecified atom stereocenters. The van der Waals surface area contributed by atoms with Crippen molar-refractivity contribution < 1.29 is 0 Å². The summed E-state index contributed by atoms with van der Waals surface area (Å²) in [6.45, 7) is 0. The minimum absolute atomic E-state index is 0.290. The van der Waals surface area contributed by atoms with Crippen LogP contribution in [0.4, 0.5) is 5.69 Å². The molecule has 1 aliphatic rings. The second kappa shape index (κ2) is 5.65. The zero-order valence-electron chi connectivity index (χ0n) is 11.3. The van der Waals surface area contributed by atoms with Crippen molar-refractivity contribution in [3.63, 3.8) is 0 Å². The fraction of sp³-hybridized carbons (Fsp3) is 0.357. The van der Waals surface area contributed by atoms with E-state index in [1.807, 2.05) is 12.1 Å². The Bertz CT molecular complexity index is 553. The van der Waals surface area contributed by atoms with Crippen LogP contribution in [0.1, 0.15) is 24.3 Å². The minimum Gasteiger partial charge on any atom is -0.382 e. The van der Waals surface area contributed by atoms with Crippen molar-refractivity contribution in [3.8, 4) is 0 Å². The van der Waals surface area contributed by atoms with E-state index in [2.05, 4.69) is 27.1 Å². The molecule has 2 rings (SSSR count). The smallest absolute Gasteiger partial charge is 0.153 e. The summed E-state index contributed by atoms with van der Waals surface area (Å²) >= 11 is 0. The Labute approximate surface area is 113 Å². The first kappa shape index (κ1) is 13.3. The van der Waals surface area contributed by atoms with Gasteiger partial charge in [-0.05, 0) is 36.5 Å². The topological polar surface area (TPSA) is 89.1 Å². The predicted octanol–water partition coefficient (Wildman–Crippen LogP) is 1.61. The van der Waals surface area contributed by atoms with Crippen molar-refractivity contribution in [2.24, 2.45) is 26.4 Å². The molecule has 1 saturated carbocycles. The molecule has 4 N–H and O–H groups in total.